The Balaban J connectivity index is 1.82. The second-order valence-corrected chi connectivity index (χ2v) is 5.89. The first-order chi connectivity index (χ1) is 10.8. The highest BCUT2D eigenvalue weighted by Crippen LogP contribution is 2.26. The van der Waals surface area contributed by atoms with Crippen LogP contribution in [0, 0.1) is 11.8 Å². The van der Waals surface area contributed by atoms with Crippen molar-refractivity contribution >= 4 is 11.6 Å². The number of hydrogen-bond acceptors (Lipinski definition) is 3. The molecule has 1 amide bonds. The van der Waals surface area contributed by atoms with Crippen molar-refractivity contribution in [2.24, 2.45) is 11.8 Å². The standard InChI is InChI=1S/C16H21F3N2O2/c1-11(12-6-8-20-9-7-12)10-15(22)21-13-2-4-14(5-3-13)23-16(17,18)19/h2-5,11-12,20H,6-10H2,1H3,(H,21,22). The van der Waals surface area contributed by atoms with E-state index in [1.54, 1.807) is 0 Å². The number of anilines is 1. The summed E-state index contributed by atoms with van der Waals surface area (Å²) in [6.07, 6.45) is -2.17. The van der Waals surface area contributed by atoms with Crippen molar-refractivity contribution in [1.29, 1.82) is 0 Å². The van der Waals surface area contributed by atoms with Crippen LogP contribution in [0.2, 0.25) is 0 Å². The van der Waals surface area contributed by atoms with Gasteiger partial charge in [-0.05, 0) is 62.0 Å². The molecular weight excluding hydrogens is 309 g/mol. The molecule has 1 saturated heterocycles. The van der Waals surface area contributed by atoms with Gasteiger partial charge in [0.2, 0.25) is 5.91 Å². The summed E-state index contributed by atoms with van der Waals surface area (Å²) in [7, 11) is 0. The van der Waals surface area contributed by atoms with Gasteiger partial charge >= 0.3 is 6.36 Å². The van der Waals surface area contributed by atoms with Crippen molar-refractivity contribution in [3.63, 3.8) is 0 Å². The molecule has 1 aromatic carbocycles. The molecule has 1 heterocycles. The maximum Gasteiger partial charge on any atom is 0.573 e. The van der Waals surface area contributed by atoms with E-state index in [4.69, 9.17) is 0 Å². The van der Waals surface area contributed by atoms with Gasteiger partial charge in [-0.15, -0.1) is 13.2 Å². The molecule has 4 nitrogen and oxygen atoms in total. The third kappa shape index (κ3) is 6.09. The van der Waals surface area contributed by atoms with Gasteiger partial charge in [-0.2, -0.15) is 0 Å². The SMILES string of the molecule is CC(CC(=O)Nc1ccc(OC(F)(F)F)cc1)C1CCNCC1. The van der Waals surface area contributed by atoms with E-state index in [0.717, 1.165) is 25.9 Å². The molecule has 23 heavy (non-hydrogen) atoms. The molecule has 2 N–H and O–H groups in total. The number of nitrogens with one attached hydrogen (secondary N) is 2. The van der Waals surface area contributed by atoms with E-state index in [9.17, 15) is 18.0 Å². The molecular formula is C16H21F3N2O2. The zero-order valence-electron chi connectivity index (χ0n) is 13.0. The minimum absolute atomic E-state index is 0.125. The van der Waals surface area contributed by atoms with Crippen LogP contribution in [0.15, 0.2) is 24.3 Å². The summed E-state index contributed by atoms with van der Waals surface area (Å²) >= 11 is 0. The molecule has 1 aliphatic rings. The van der Waals surface area contributed by atoms with Crippen LogP contribution < -0.4 is 15.4 Å². The van der Waals surface area contributed by atoms with E-state index >= 15 is 0 Å². The van der Waals surface area contributed by atoms with Gasteiger partial charge in [0.1, 0.15) is 5.75 Å². The van der Waals surface area contributed by atoms with Crippen molar-refractivity contribution in [3.05, 3.63) is 24.3 Å². The predicted octanol–water partition coefficient (Wildman–Crippen LogP) is 3.55. The first-order valence-corrected chi connectivity index (χ1v) is 7.70. The minimum Gasteiger partial charge on any atom is -0.406 e. The number of ether oxygens (including phenoxy) is 1. The Kier molecular flexibility index (Phi) is 5.87. The van der Waals surface area contributed by atoms with Crippen LogP contribution >= 0.6 is 0 Å². The Labute approximate surface area is 133 Å². The molecule has 0 aromatic heterocycles. The molecule has 1 aliphatic heterocycles. The van der Waals surface area contributed by atoms with Gasteiger partial charge in [-0.25, -0.2) is 0 Å². The number of carbonyl (C=O) groups is 1. The number of halogens is 3. The van der Waals surface area contributed by atoms with Crippen LogP contribution in [-0.2, 0) is 4.79 Å². The highest BCUT2D eigenvalue weighted by atomic mass is 19.4. The van der Waals surface area contributed by atoms with Crippen LogP contribution in [-0.4, -0.2) is 25.4 Å². The summed E-state index contributed by atoms with van der Waals surface area (Å²) < 4.78 is 40.0. The summed E-state index contributed by atoms with van der Waals surface area (Å²) in [6.45, 7) is 4.03. The highest BCUT2D eigenvalue weighted by molar-refractivity contribution is 5.90. The minimum atomic E-state index is -4.71. The Morgan fingerprint density at radius 2 is 1.91 bits per heavy atom. The number of alkyl halides is 3. The number of rotatable bonds is 5. The second-order valence-electron chi connectivity index (χ2n) is 5.89. The fraction of sp³-hybridized carbons (Fsp3) is 0.562. The number of piperidine rings is 1. The van der Waals surface area contributed by atoms with Crippen molar-refractivity contribution in [2.75, 3.05) is 18.4 Å². The molecule has 1 fully saturated rings. The molecule has 128 valence electrons. The summed E-state index contributed by atoms with van der Waals surface area (Å²) in [6, 6.07) is 5.15. The lowest BCUT2D eigenvalue weighted by Gasteiger charge is -2.27. The van der Waals surface area contributed by atoms with Crippen molar-refractivity contribution in [3.8, 4) is 5.75 Å². The quantitative estimate of drug-likeness (QED) is 0.868. The van der Waals surface area contributed by atoms with Gasteiger partial charge in [-0.3, -0.25) is 4.79 Å². The highest BCUT2D eigenvalue weighted by Gasteiger charge is 2.31. The van der Waals surface area contributed by atoms with Crippen LogP contribution in [0.4, 0.5) is 18.9 Å². The number of benzene rings is 1. The fourth-order valence-corrected chi connectivity index (χ4v) is 2.82. The van der Waals surface area contributed by atoms with E-state index in [1.807, 2.05) is 0 Å². The number of amides is 1. The first kappa shape index (κ1) is 17.6. The lowest BCUT2D eigenvalue weighted by Crippen LogP contribution is -2.32. The van der Waals surface area contributed by atoms with Gasteiger partial charge in [-0.1, -0.05) is 6.92 Å². The van der Waals surface area contributed by atoms with Crippen LogP contribution in [0.25, 0.3) is 0 Å². The van der Waals surface area contributed by atoms with Gasteiger partial charge in [0, 0.05) is 12.1 Å². The molecule has 0 radical (unpaired) electrons. The van der Waals surface area contributed by atoms with E-state index in [2.05, 4.69) is 22.3 Å². The average Bonchev–Trinajstić information content (AvgIpc) is 2.48. The third-order valence-electron chi connectivity index (χ3n) is 4.07. The largest absolute Gasteiger partial charge is 0.573 e. The lowest BCUT2D eigenvalue weighted by atomic mass is 9.84. The molecule has 0 aliphatic carbocycles. The van der Waals surface area contributed by atoms with E-state index in [-0.39, 0.29) is 17.6 Å². The molecule has 0 bridgehead atoms. The molecule has 7 heteroatoms. The van der Waals surface area contributed by atoms with Crippen molar-refractivity contribution in [2.45, 2.75) is 32.5 Å². The van der Waals surface area contributed by atoms with E-state index < -0.39 is 6.36 Å². The third-order valence-corrected chi connectivity index (χ3v) is 4.07. The monoisotopic (exact) mass is 330 g/mol. The van der Waals surface area contributed by atoms with Gasteiger partial charge < -0.3 is 15.4 Å². The fourth-order valence-electron chi connectivity index (χ4n) is 2.82. The maximum atomic E-state index is 12.1. The maximum absolute atomic E-state index is 12.1. The Hall–Kier alpha value is -1.76. The zero-order valence-corrected chi connectivity index (χ0v) is 13.0. The van der Waals surface area contributed by atoms with Crippen molar-refractivity contribution in [1.82, 2.24) is 5.32 Å². The molecule has 1 aromatic rings. The summed E-state index contributed by atoms with van der Waals surface area (Å²) in [5.74, 6) is 0.383. The van der Waals surface area contributed by atoms with Gasteiger partial charge in [0.25, 0.3) is 0 Å². The zero-order chi connectivity index (χ0) is 16.9. The molecule has 0 saturated carbocycles. The summed E-state index contributed by atoms with van der Waals surface area (Å²) in [5, 5.41) is 6.00. The van der Waals surface area contributed by atoms with Gasteiger partial charge in [0.15, 0.2) is 0 Å². The van der Waals surface area contributed by atoms with Gasteiger partial charge in [0.05, 0.1) is 0 Å². The molecule has 0 spiro atoms. The van der Waals surface area contributed by atoms with E-state index in [1.165, 1.54) is 24.3 Å². The number of carbonyl (C=O) groups excluding carboxylic acids is 1. The smallest absolute Gasteiger partial charge is 0.406 e. The Morgan fingerprint density at radius 1 is 1.30 bits per heavy atom. The number of hydrogen-bond donors (Lipinski definition) is 2. The first-order valence-electron chi connectivity index (χ1n) is 7.70. The van der Waals surface area contributed by atoms with Crippen LogP contribution in [0.1, 0.15) is 26.2 Å². The lowest BCUT2D eigenvalue weighted by molar-refractivity contribution is -0.274. The molecule has 1 atom stereocenters. The normalized spacial score (nSPS) is 17.6. The molecule has 1 unspecified atom stereocenters. The summed E-state index contributed by atoms with van der Waals surface area (Å²) in [4.78, 5) is 12.0. The van der Waals surface area contributed by atoms with Crippen LogP contribution in [0.5, 0.6) is 5.75 Å². The predicted molar refractivity (Wildman–Crippen MR) is 81.1 cm³/mol. The Morgan fingerprint density at radius 3 is 2.48 bits per heavy atom. The summed E-state index contributed by atoms with van der Waals surface area (Å²) in [5.41, 5.74) is 0.460. The topological polar surface area (TPSA) is 50.4 Å². The molecule has 2 rings (SSSR count). The Bertz CT molecular complexity index is 511. The van der Waals surface area contributed by atoms with E-state index in [0.29, 0.717) is 18.0 Å². The van der Waals surface area contributed by atoms with Crippen LogP contribution in [0.3, 0.4) is 0 Å². The van der Waals surface area contributed by atoms with Crippen molar-refractivity contribution < 1.29 is 22.7 Å². The average molecular weight is 330 g/mol. The second kappa shape index (κ2) is 7.68.